The molecule has 3 aromatic rings. The average Bonchev–Trinajstić information content (AvgIpc) is 2.85. The molecule has 0 aromatic heterocycles. The maximum absolute atomic E-state index is 12.8. The summed E-state index contributed by atoms with van der Waals surface area (Å²) in [6.07, 6.45) is 3.06. The highest BCUT2D eigenvalue weighted by atomic mass is 32.1. The average molecular weight is 490 g/mol. The Hall–Kier alpha value is -4.17. The van der Waals surface area contributed by atoms with Crippen molar-refractivity contribution in [2.75, 3.05) is 23.8 Å². The molecule has 35 heavy (non-hydrogen) atoms. The molecule has 0 bridgehead atoms. The van der Waals surface area contributed by atoms with E-state index in [1.807, 2.05) is 38.1 Å². The van der Waals surface area contributed by atoms with Crippen LogP contribution in [0.4, 0.5) is 11.4 Å². The molecule has 8 heteroatoms. The minimum absolute atomic E-state index is 0.0765. The number of hydrogen-bond acceptors (Lipinski definition) is 5. The number of thiocarbonyl (C=S) groups is 1. The summed E-state index contributed by atoms with van der Waals surface area (Å²) >= 11 is 5.27. The molecule has 0 aliphatic carbocycles. The van der Waals surface area contributed by atoms with E-state index in [9.17, 15) is 9.59 Å². The lowest BCUT2D eigenvalue weighted by Gasteiger charge is -2.13. The molecule has 180 valence electrons. The molecule has 0 heterocycles. The molecule has 0 fully saturated rings. The molecule has 0 unspecified atom stereocenters. The number of carbonyl (C=O) groups excluding carboxylic acids is 2. The van der Waals surface area contributed by atoms with Crippen LogP contribution in [0.3, 0.4) is 0 Å². The van der Waals surface area contributed by atoms with E-state index in [4.69, 9.17) is 21.7 Å². The highest BCUT2D eigenvalue weighted by Crippen LogP contribution is 2.20. The summed E-state index contributed by atoms with van der Waals surface area (Å²) < 4.78 is 10.8. The summed E-state index contributed by atoms with van der Waals surface area (Å²) in [4.78, 5) is 25.1. The summed E-state index contributed by atoms with van der Waals surface area (Å²) in [5.41, 5.74) is 2.32. The fourth-order valence-corrected chi connectivity index (χ4v) is 3.32. The zero-order chi connectivity index (χ0) is 25.0. The van der Waals surface area contributed by atoms with Gasteiger partial charge in [0.2, 0.25) is 5.91 Å². The molecule has 0 saturated heterocycles. The van der Waals surface area contributed by atoms with Gasteiger partial charge in [-0.1, -0.05) is 24.3 Å². The number of nitrogens with one attached hydrogen (secondary N) is 3. The van der Waals surface area contributed by atoms with E-state index in [1.165, 1.54) is 6.08 Å². The molecule has 3 N–H and O–H groups in total. The second-order valence-corrected chi connectivity index (χ2v) is 7.64. The number of ether oxygens (including phenoxy) is 2. The van der Waals surface area contributed by atoms with Gasteiger partial charge in [-0.2, -0.15) is 0 Å². The van der Waals surface area contributed by atoms with E-state index < -0.39 is 5.91 Å². The van der Waals surface area contributed by atoms with Crippen LogP contribution in [0.15, 0.2) is 78.9 Å². The largest absolute Gasteiger partial charge is 0.494 e. The Labute approximate surface area is 210 Å². The van der Waals surface area contributed by atoms with E-state index in [0.29, 0.717) is 30.2 Å². The standard InChI is InChI=1S/C27H27N3O4S/c1-3-33-21-14-9-19(10-15-21)11-18-25(31)30-27(35)29-24-8-6-5-7-23(24)26(32)28-20-12-16-22(17-13-20)34-4-2/h5-18H,3-4H2,1-2H3,(H,28,32)(H2,29,30,31,35)/b18-11+. The summed E-state index contributed by atoms with van der Waals surface area (Å²) in [6.45, 7) is 4.99. The van der Waals surface area contributed by atoms with Crippen molar-refractivity contribution in [3.05, 3.63) is 90.0 Å². The van der Waals surface area contributed by atoms with Crippen LogP contribution in [-0.4, -0.2) is 30.1 Å². The predicted molar refractivity (Wildman–Crippen MR) is 143 cm³/mol. The van der Waals surface area contributed by atoms with E-state index in [0.717, 1.165) is 17.1 Å². The van der Waals surface area contributed by atoms with Crippen LogP contribution in [0.1, 0.15) is 29.8 Å². The van der Waals surface area contributed by atoms with Gasteiger partial charge in [0.05, 0.1) is 24.5 Å². The molecule has 2 amide bonds. The number of carbonyl (C=O) groups is 2. The number of amides is 2. The van der Waals surface area contributed by atoms with Crippen molar-refractivity contribution in [3.63, 3.8) is 0 Å². The van der Waals surface area contributed by atoms with E-state index in [2.05, 4.69) is 16.0 Å². The Bertz CT molecular complexity index is 1190. The van der Waals surface area contributed by atoms with Gasteiger partial charge in [-0.25, -0.2) is 0 Å². The normalized spacial score (nSPS) is 10.5. The van der Waals surface area contributed by atoms with Crippen LogP contribution >= 0.6 is 12.2 Å². The van der Waals surface area contributed by atoms with Gasteiger partial charge in [-0.3, -0.25) is 14.9 Å². The Morgan fingerprint density at radius 2 is 1.43 bits per heavy atom. The first-order valence-electron chi connectivity index (χ1n) is 11.1. The van der Waals surface area contributed by atoms with Crippen molar-refractivity contribution in [2.45, 2.75) is 13.8 Å². The molecule has 0 atom stereocenters. The first-order valence-corrected chi connectivity index (χ1v) is 11.6. The minimum atomic E-state index is -0.396. The third-order valence-electron chi connectivity index (χ3n) is 4.70. The zero-order valence-electron chi connectivity index (χ0n) is 19.5. The quantitative estimate of drug-likeness (QED) is 0.281. The summed E-state index contributed by atoms with van der Waals surface area (Å²) in [7, 11) is 0. The molecule has 0 radical (unpaired) electrons. The lowest BCUT2D eigenvalue weighted by Crippen LogP contribution is -2.33. The Balaban J connectivity index is 1.58. The molecule has 3 rings (SSSR count). The maximum Gasteiger partial charge on any atom is 0.257 e. The molecule has 7 nitrogen and oxygen atoms in total. The van der Waals surface area contributed by atoms with Crippen LogP contribution in [0.25, 0.3) is 6.08 Å². The molecular weight excluding hydrogens is 462 g/mol. The molecule has 0 spiro atoms. The van der Waals surface area contributed by atoms with E-state index in [-0.39, 0.29) is 11.0 Å². The van der Waals surface area contributed by atoms with E-state index in [1.54, 1.807) is 54.6 Å². The Morgan fingerprint density at radius 3 is 2.06 bits per heavy atom. The van der Waals surface area contributed by atoms with Crippen LogP contribution < -0.4 is 25.4 Å². The lowest BCUT2D eigenvalue weighted by molar-refractivity contribution is -0.115. The SMILES string of the molecule is CCOc1ccc(/C=C/C(=O)NC(=S)Nc2ccccc2C(=O)Nc2ccc(OCC)cc2)cc1. The van der Waals surface area contributed by atoms with Gasteiger partial charge in [-0.05, 0) is 86.2 Å². The smallest absolute Gasteiger partial charge is 0.257 e. The molecular formula is C27H27N3O4S. The van der Waals surface area contributed by atoms with Crippen molar-refractivity contribution in [2.24, 2.45) is 0 Å². The Kier molecular flexibility index (Phi) is 9.39. The van der Waals surface area contributed by atoms with Crippen molar-refractivity contribution in [1.29, 1.82) is 0 Å². The lowest BCUT2D eigenvalue weighted by atomic mass is 10.1. The highest BCUT2D eigenvalue weighted by molar-refractivity contribution is 7.80. The fourth-order valence-electron chi connectivity index (χ4n) is 3.11. The fraction of sp³-hybridized carbons (Fsp3) is 0.148. The third-order valence-corrected chi connectivity index (χ3v) is 4.90. The maximum atomic E-state index is 12.8. The van der Waals surface area contributed by atoms with Crippen molar-refractivity contribution in [1.82, 2.24) is 5.32 Å². The first kappa shape index (κ1) is 25.5. The van der Waals surface area contributed by atoms with Gasteiger partial charge in [0, 0.05) is 11.8 Å². The first-order chi connectivity index (χ1) is 17.0. The van der Waals surface area contributed by atoms with Crippen molar-refractivity contribution in [3.8, 4) is 11.5 Å². The predicted octanol–water partition coefficient (Wildman–Crippen LogP) is 5.26. The second kappa shape index (κ2) is 12.9. The number of benzene rings is 3. The van der Waals surface area contributed by atoms with Crippen LogP contribution in [-0.2, 0) is 4.79 Å². The topological polar surface area (TPSA) is 88.7 Å². The number of para-hydroxylation sites is 1. The highest BCUT2D eigenvalue weighted by Gasteiger charge is 2.13. The summed E-state index contributed by atoms with van der Waals surface area (Å²) in [5.74, 6) is 0.782. The van der Waals surface area contributed by atoms with Crippen LogP contribution in [0.2, 0.25) is 0 Å². The monoisotopic (exact) mass is 489 g/mol. The molecule has 3 aromatic carbocycles. The van der Waals surface area contributed by atoms with Gasteiger partial charge in [0.1, 0.15) is 11.5 Å². The van der Waals surface area contributed by atoms with Gasteiger partial charge < -0.3 is 20.1 Å². The summed E-state index contributed by atoms with van der Waals surface area (Å²) in [5, 5.41) is 8.43. The van der Waals surface area contributed by atoms with E-state index >= 15 is 0 Å². The number of hydrogen-bond donors (Lipinski definition) is 3. The van der Waals surface area contributed by atoms with Gasteiger partial charge in [-0.15, -0.1) is 0 Å². The minimum Gasteiger partial charge on any atom is -0.494 e. The number of anilines is 2. The molecule has 0 aliphatic heterocycles. The second-order valence-electron chi connectivity index (χ2n) is 7.24. The zero-order valence-corrected chi connectivity index (χ0v) is 20.4. The van der Waals surface area contributed by atoms with Crippen LogP contribution in [0, 0.1) is 0 Å². The molecule has 0 saturated carbocycles. The summed E-state index contributed by atoms with van der Waals surface area (Å²) in [6, 6.07) is 21.4. The molecule has 0 aliphatic rings. The van der Waals surface area contributed by atoms with Gasteiger partial charge in [0.25, 0.3) is 5.91 Å². The van der Waals surface area contributed by atoms with Crippen LogP contribution in [0.5, 0.6) is 11.5 Å². The third kappa shape index (κ3) is 7.97. The van der Waals surface area contributed by atoms with Gasteiger partial charge in [0.15, 0.2) is 5.11 Å². The number of rotatable bonds is 9. The Morgan fingerprint density at radius 1 is 0.829 bits per heavy atom. The van der Waals surface area contributed by atoms with Crippen molar-refractivity contribution < 1.29 is 19.1 Å². The van der Waals surface area contributed by atoms with Gasteiger partial charge >= 0.3 is 0 Å². The van der Waals surface area contributed by atoms with Crippen molar-refractivity contribution >= 4 is 46.6 Å².